The molecule has 1 aromatic carbocycles. The van der Waals surface area contributed by atoms with Crippen LogP contribution in [0.2, 0.25) is 0 Å². The highest BCUT2D eigenvalue weighted by atomic mass is 79.9. The predicted octanol–water partition coefficient (Wildman–Crippen LogP) is 5.02. The molecule has 0 aliphatic rings. The standard InChI is InChI=1S/C16H20BrNS/c1-4-18-15(14-10-16(17)19-12(14)3)9-13-8-6-5-7-11(13)2/h5-8,10,15,18H,4,9H2,1-3H3. The van der Waals surface area contributed by atoms with Crippen molar-refractivity contribution in [2.24, 2.45) is 0 Å². The van der Waals surface area contributed by atoms with Gasteiger partial charge in [-0.15, -0.1) is 11.3 Å². The zero-order valence-electron chi connectivity index (χ0n) is 11.7. The van der Waals surface area contributed by atoms with E-state index >= 15 is 0 Å². The van der Waals surface area contributed by atoms with Crippen molar-refractivity contribution in [3.63, 3.8) is 0 Å². The Morgan fingerprint density at radius 2 is 2.00 bits per heavy atom. The van der Waals surface area contributed by atoms with Crippen LogP contribution in [0, 0.1) is 13.8 Å². The van der Waals surface area contributed by atoms with Gasteiger partial charge in [0.15, 0.2) is 0 Å². The second-order valence-corrected chi connectivity index (χ2v) is 7.44. The Morgan fingerprint density at radius 1 is 1.26 bits per heavy atom. The van der Waals surface area contributed by atoms with Crippen molar-refractivity contribution in [3.05, 3.63) is 55.7 Å². The Balaban J connectivity index is 2.26. The van der Waals surface area contributed by atoms with Gasteiger partial charge in [-0.3, -0.25) is 0 Å². The summed E-state index contributed by atoms with van der Waals surface area (Å²) in [4.78, 5) is 1.39. The van der Waals surface area contributed by atoms with Crippen molar-refractivity contribution in [1.82, 2.24) is 5.32 Å². The van der Waals surface area contributed by atoms with Crippen LogP contribution in [0.5, 0.6) is 0 Å². The SMILES string of the molecule is CCNC(Cc1ccccc1C)c1cc(Br)sc1C. The average Bonchev–Trinajstić information content (AvgIpc) is 2.70. The monoisotopic (exact) mass is 337 g/mol. The Kier molecular flexibility index (Phi) is 5.20. The number of nitrogens with one attached hydrogen (secondary N) is 1. The molecule has 0 saturated carbocycles. The van der Waals surface area contributed by atoms with Gasteiger partial charge in [-0.2, -0.15) is 0 Å². The van der Waals surface area contributed by atoms with Gasteiger partial charge in [0.1, 0.15) is 0 Å². The van der Waals surface area contributed by atoms with Crippen molar-refractivity contribution < 1.29 is 0 Å². The van der Waals surface area contributed by atoms with Crippen molar-refractivity contribution in [2.75, 3.05) is 6.54 Å². The molecule has 0 radical (unpaired) electrons. The molecule has 102 valence electrons. The number of likely N-dealkylation sites (N-methyl/N-ethyl adjacent to an activating group) is 1. The number of thiophene rings is 1. The lowest BCUT2D eigenvalue weighted by molar-refractivity contribution is 0.548. The van der Waals surface area contributed by atoms with Gasteiger partial charge in [0, 0.05) is 10.9 Å². The fraction of sp³-hybridized carbons (Fsp3) is 0.375. The molecule has 19 heavy (non-hydrogen) atoms. The molecule has 1 nitrogen and oxygen atoms in total. The lowest BCUT2D eigenvalue weighted by atomic mass is 9.96. The Labute approximate surface area is 128 Å². The first-order chi connectivity index (χ1) is 9.11. The van der Waals surface area contributed by atoms with Crippen LogP contribution in [0.15, 0.2) is 34.1 Å². The lowest BCUT2D eigenvalue weighted by Crippen LogP contribution is -2.23. The fourth-order valence-corrected chi connectivity index (χ4v) is 4.17. The van der Waals surface area contributed by atoms with Crippen molar-refractivity contribution in [1.29, 1.82) is 0 Å². The summed E-state index contributed by atoms with van der Waals surface area (Å²) < 4.78 is 1.22. The molecule has 1 unspecified atom stereocenters. The molecule has 2 rings (SSSR count). The second-order valence-electron chi connectivity index (χ2n) is 4.80. The van der Waals surface area contributed by atoms with Gasteiger partial charge < -0.3 is 5.32 Å². The average molecular weight is 338 g/mol. The van der Waals surface area contributed by atoms with E-state index in [1.54, 1.807) is 0 Å². The van der Waals surface area contributed by atoms with E-state index in [4.69, 9.17) is 0 Å². The molecule has 0 aliphatic heterocycles. The van der Waals surface area contributed by atoms with Crippen molar-refractivity contribution >= 4 is 27.3 Å². The van der Waals surface area contributed by atoms with E-state index in [0.29, 0.717) is 6.04 Å². The maximum absolute atomic E-state index is 3.61. The molecule has 0 spiro atoms. The molecule has 0 bridgehead atoms. The molecule has 1 aromatic heterocycles. The van der Waals surface area contributed by atoms with E-state index in [0.717, 1.165) is 13.0 Å². The summed E-state index contributed by atoms with van der Waals surface area (Å²) in [5.41, 5.74) is 4.22. The van der Waals surface area contributed by atoms with E-state index in [1.807, 2.05) is 11.3 Å². The minimum absolute atomic E-state index is 0.397. The summed E-state index contributed by atoms with van der Waals surface area (Å²) in [7, 11) is 0. The van der Waals surface area contributed by atoms with Crippen LogP contribution in [0.1, 0.15) is 34.5 Å². The van der Waals surface area contributed by atoms with Gasteiger partial charge in [0.2, 0.25) is 0 Å². The van der Waals surface area contributed by atoms with E-state index in [2.05, 4.69) is 72.3 Å². The highest BCUT2D eigenvalue weighted by molar-refractivity contribution is 9.11. The fourth-order valence-electron chi connectivity index (χ4n) is 2.40. The molecular formula is C16H20BrNS. The molecule has 0 aliphatic carbocycles. The van der Waals surface area contributed by atoms with E-state index in [1.165, 1.54) is 25.4 Å². The molecular weight excluding hydrogens is 318 g/mol. The largest absolute Gasteiger partial charge is 0.310 e. The van der Waals surface area contributed by atoms with E-state index in [9.17, 15) is 0 Å². The van der Waals surface area contributed by atoms with Gasteiger partial charge in [-0.1, -0.05) is 31.2 Å². The number of hydrogen-bond acceptors (Lipinski definition) is 2. The zero-order chi connectivity index (χ0) is 13.8. The minimum Gasteiger partial charge on any atom is -0.310 e. The van der Waals surface area contributed by atoms with E-state index < -0.39 is 0 Å². The summed E-state index contributed by atoms with van der Waals surface area (Å²) in [6.07, 6.45) is 1.05. The molecule has 0 fully saturated rings. The van der Waals surface area contributed by atoms with Gasteiger partial charge in [0.05, 0.1) is 3.79 Å². The van der Waals surface area contributed by atoms with Gasteiger partial charge in [-0.25, -0.2) is 0 Å². The molecule has 1 atom stereocenters. The smallest absolute Gasteiger partial charge is 0.0704 e. The molecule has 0 amide bonds. The van der Waals surface area contributed by atoms with Crippen molar-refractivity contribution in [3.8, 4) is 0 Å². The molecule has 3 heteroatoms. The molecule has 2 aromatic rings. The first-order valence-electron chi connectivity index (χ1n) is 6.65. The lowest BCUT2D eigenvalue weighted by Gasteiger charge is -2.19. The zero-order valence-corrected chi connectivity index (χ0v) is 14.1. The second kappa shape index (κ2) is 6.69. The number of halogens is 1. The first kappa shape index (κ1) is 14.8. The Hall–Kier alpha value is -0.640. The number of aryl methyl sites for hydroxylation is 2. The van der Waals surface area contributed by atoms with Gasteiger partial charge in [-0.05, 0) is 65.5 Å². The van der Waals surface area contributed by atoms with Crippen LogP contribution in [0.4, 0.5) is 0 Å². The van der Waals surface area contributed by atoms with Crippen LogP contribution in [-0.4, -0.2) is 6.54 Å². The van der Waals surface area contributed by atoms with E-state index in [-0.39, 0.29) is 0 Å². The highest BCUT2D eigenvalue weighted by Crippen LogP contribution is 2.32. The summed E-state index contributed by atoms with van der Waals surface area (Å²) in [6.45, 7) is 7.55. The summed E-state index contributed by atoms with van der Waals surface area (Å²) in [5.74, 6) is 0. The molecule has 0 saturated heterocycles. The normalized spacial score (nSPS) is 12.6. The third-order valence-electron chi connectivity index (χ3n) is 3.44. The Morgan fingerprint density at radius 3 is 2.58 bits per heavy atom. The maximum atomic E-state index is 3.61. The van der Waals surface area contributed by atoms with Crippen LogP contribution in [0.3, 0.4) is 0 Å². The topological polar surface area (TPSA) is 12.0 Å². The Bertz CT molecular complexity index is 547. The summed E-state index contributed by atoms with van der Waals surface area (Å²) in [6, 6.07) is 11.3. The van der Waals surface area contributed by atoms with Crippen molar-refractivity contribution in [2.45, 2.75) is 33.2 Å². The summed E-state index contributed by atoms with van der Waals surface area (Å²) >= 11 is 5.41. The maximum Gasteiger partial charge on any atom is 0.0704 e. The minimum atomic E-state index is 0.397. The van der Waals surface area contributed by atoms with Gasteiger partial charge >= 0.3 is 0 Å². The first-order valence-corrected chi connectivity index (χ1v) is 8.26. The van der Waals surface area contributed by atoms with Crippen LogP contribution < -0.4 is 5.32 Å². The highest BCUT2D eigenvalue weighted by Gasteiger charge is 2.16. The summed E-state index contributed by atoms with van der Waals surface area (Å²) in [5, 5.41) is 3.61. The van der Waals surface area contributed by atoms with Crippen LogP contribution in [-0.2, 0) is 6.42 Å². The van der Waals surface area contributed by atoms with Crippen LogP contribution >= 0.6 is 27.3 Å². The number of rotatable bonds is 5. The molecule has 1 N–H and O–H groups in total. The van der Waals surface area contributed by atoms with Crippen LogP contribution in [0.25, 0.3) is 0 Å². The quantitative estimate of drug-likeness (QED) is 0.807. The number of hydrogen-bond donors (Lipinski definition) is 1. The third-order valence-corrected chi connectivity index (χ3v) is 5.01. The molecule has 1 heterocycles. The predicted molar refractivity (Wildman–Crippen MR) is 88.1 cm³/mol. The number of benzene rings is 1. The van der Waals surface area contributed by atoms with Gasteiger partial charge in [0.25, 0.3) is 0 Å². The third kappa shape index (κ3) is 3.68.